The van der Waals surface area contributed by atoms with Crippen molar-refractivity contribution in [3.05, 3.63) is 45.8 Å². The van der Waals surface area contributed by atoms with Crippen molar-refractivity contribution in [1.29, 1.82) is 0 Å². The first-order valence-corrected chi connectivity index (χ1v) is 9.11. The fourth-order valence-electron chi connectivity index (χ4n) is 3.91. The molecule has 1 aromatic carbocycles. The van der Waals surface area contributed by atoms with E-state index in [9.17, 15) is 9.59 Å². The number of carbonyl (C=O) groups is 1. The van der Waals surface area contributed by atoms with Crippen LogP contribution in [0.3, 0.4) is 0 Å². The van der Waals surface area contributed by atoms with Gasteiger partial charge in [0, 0.05) is 23.9 Å². The molecule has 25 heavy (non-hydrogen) atoms. The Kier molecular flexibility index (Phi) is 4.12. The molecule has 4 rings (SSSR count). The van der Waals surface area contributed by atoms with Crippen molar-refractivity contribution in [3.63, 3.8) is 0 Å². The maximum absolute atomic E-state index is 12.7. The molecule has 132 valence electrons. The number of benzene rings is 1. The van der Waals surface area contributed by atoms with Crippen molar-refractivity contribution in [1.82, 2.24) is 10.2 Å². The van der Waals surface area contributed by atoms with Crippen LogP contribution in [-0.2, 0) is 0 Å². The van der Waals surface area contributed by atoms with Crippen LogP contribution < -0.4 is 10.9 Å². The number of aryl methyl sites for hydroxylation is 1. The first kappa shape index (κ1) is 16.3. The maximum atomic E-state index is 12.7. The van der Waals surface area contributed by atoms with Crippen LogP contribution in [0.1, 0.15) is 41.6 Å². The largest absolute Gasteiger partial charge is 0.422 e. The summed E-state index contributed by atoms with van der Waals surface area (Å²) in [6.07, 6.45) is 4.85. The van der Waals surface area contributed by atoms with E-state index in [1.165, 1.54) is 25.9 Å². The smallest absolute Gasteiger partial charge is 0.349 e. The highest BCUT2D eigenvalue weighted by Gasteiger charge is 2.44. The van der Waals surface area contributed by atoms with Gasteiger partial charge in [0.05, 0.1) is 0 Å². The van der Waals surface area contributed by atoms with E-state index in [0.29, 0.717) is 17.7 Å². The number of amides is 1. The molecule has 5 heteroatoms. The summed E-state index contributed by atoms with van der Waals surface area (Å²) in [6.45, 7) is 5.84. The van der Waals surface area contributed by atoms with Gasteiger partial charge in [0.15, 0.2) is 0 Å². The molecule has 2 heterocycles. The summed E-state index contributed by atoms with van der Waals surface area (Å²) in [7, 11) is 0. The van der Waals surface area contributed by atoms with Gasteiger partial charge in [0.1, 0.15) is 11.1 Å². The van der Waals surface area contributed by atoms with Crippen molar-refractivity contribution in [2.75, 3.05) is 26.2 Å². The summed E-state index contributed by atoms with van der Waals surface area (Å²) in [5.41, 5.74) is 0.988. The van der Waals surface area contributed by atoms with Crippen LogP contribution in [0.15, 0.2) is 33.5 Å². The summed E-state index contributed by atoms with van der Waals surface area (Å²) in [6, 6.07) is 7.33. The standard InChI is InChI=1S/C20H24N2O3/c1-14-15-6-2-3-7-16(15)25-19(24)17(14)18(23)21-12-20(8-9-20)13-22-10-4-5-11-22/h2-3,6-7H,4-5,8-13H2,1H3,(H,21,23). The number of hydrogen-bond acceptors (Lipinski definition) is 4. The minimum absolute atomic E-state index is 0.135. The highest BCUT2D eigenvalue weighted by Crippen LogP contribution is 2.46. The molecule has 2 aromatic rings. The highest BCUT2D eigenvalue weighted by molar-refractivity contribution is 5.99. The lowest BCUT2D eigenvalue weighted by molar-refractivity contribution is 0.0936. The SMILES string of the molecule is Cc1c(C(=O)NCC2(CN3CCCC3)CC2)c(=O)oc2ccccc12. The molecular weight excluding hydrogens is 316 g/mol. The van der Waals surface area contributed by atoms with E-state index in [0.717, 1.165) is 24.8 Å². The molecule has 0 unspecified atom stereocenters. The molecule has 2 aliphatic rings. The zero-order chi connectivity index (χ0) is 17.4. The van der Waals surface area contributed by atoms with Crippen LogP contribution in [0.2, 0.25) is 0 Å². The predicted octanol–water partition coefficient (Wildman–Crippen LogP) is 2.71. The summed E-state index contributed by atoms with van der Waals surface area (Å²) in [5.74, 6) is -0.315. The number of nitrogens with zero attached hydrogens (tertiary/aromatic N) is 1. The second-order valence-corrected chi connectivity index (χ2v) is 7.55. The zero-order valence-corrected chi connectivity index (χ0v) is 14.6. The molecule has 0 radical (unpaired) electrons. The number of hydrogen-bond donors (Lipinski definition) is 1. The summed E-state index contributed by atoms with van der Waals surface area (Å²) >= 11 is 0. The quantitative estimate of drug-likeness (QED) is 0.850. The van der Waals surface area contributed by atoms with Gasteiger partial charge in [0.25, 0.3) is 5.91 Å². The van der Waals surface area contributed by atoms with Crippen LogP contribution in [0.4, 0.5) is 0 Å². The molecule has 1 saturated carbocycles. The van der Waals surface area contributed by atoms with E-state index >= 15 is 0 Å². The lowest BCUT2D eigenvalue weighted by Crippen LogP contribution is -2.38. The van der Waals surface area contributed by atoms with E-state index in [-0.39, 0.29) is 16.9 Å². The molecular formula is C20H24N2O3. The lowest BCUT2D eigenvalue weighted by atomic mass is 10.0. The fraction of sp³-hybridized carbons (Fsp3) is 0.500. The van der Waals surface area contributed by atoms with Gasteiger partial charge in [-0.3, -0.25) is 4.79 Å². The molecule has 1 aromatic heterocycles. The Morgan fingerprint density at radius 2 is 1.96 bits per heavy atom. The van der Waals surface area contributed by atoms with Crippen molar-refractivity contribution in [2.45, 2.75) is 32.6 Å². The topological polar surface area (TPSA) is 62.6 Å². The molecule has 5 nitrogen and oxygen atoms in total. The Labute approximate surface area is 147 Å². The number of para-hydroxylation sites is 1. The van der Waals surface area contributed by atoms with Crippen LogP contribution in [0.25, 0.3) is 11.0 Å². The van der Waals surface area contributed by atoms with Crippen molar-refractivity contribution < 1.29 is 9.21 Å². The van der Waals surface area contributed by atoms with Gasteiger partial charge in [0.2, 0.25) is 0 Å². The zero-order valence-electron chi connectivity index (χ0n) is 14.6. The number of nitrogens with one attached hydrogen (secondary N) is 1. The average Bonchev–Trinajstić information content (AvgIpc) is 3.16. The first-order valence-electron chi connectivity index (χ1n) is 9.11. The predicted molar refractivity (Wildman–Crippen MR) is 96.9 cm³/mol. The van der Waals surface area contributed by atoms with E-state index in [1.807, 2.05) is 25.1 Å². The molecule has 1 aliphatic carbocycles. The Morgan fingerprint density at radius 3 is 2.68 bits per heavy atom. The number of rotatable bonds is 5. The van der Waals surface area contributed by atoms with E-state index in [4.69, 9.17) is 4.42 Å². The number of likely N-dealkylation sites (tertiary alicyclic amines) is 1. The molecule has 0 bridgehead atoms. The highest BCUT2D eigenvalue weighted by atomic mass is 16.4. The van der Waals surface area contributed by atoms with Gasteiger partial charge in [-0.2, -0.15) is 0 Å². The molecule has 2 fully saturated rings. The molecule has 0 spiro atoms. The third-order valence-corrected chi connectivity index (χ3v) is 5.64. The normalized spacial score (nSPS) is 19.2. The molecule has 1 aliphatic heterocycles. The van der Waals surface area contributed by atoms with Crippen molar-refractivity contribution >= 4 is 16.9 Å². The van der Waals surface area contributed by atoms with Crippen LogP contribution >= 0.6 is 0 Å². The molecule has 1 saturated heterocycles. The second kappa shape index (κ2) is 6.30. The van der Waals surface area contributed by atoms with Gasteiger partial charge in [-0.25, -0.2) is 4.79 Å². The summed E-state index contributed by atoms with van der Waals surface area (Å²) in [5, 5.41) is 3.81. The minimum Gasteiger partial charge on any atom is -0.422 e. The van der Waals surface area contributed by atoms with Gasteiger partial charge < -0.3 is 14.6 Å². The van der Waals surface area contributed by atoms with Crippen LogP contribution in [0.5, 0.6) is 0 Å². The van der Waals surface area contributed by atoms with E-state index in [1.54, 1.807) is 6.07 Å². The van der Waals surface area contributed by atoms with Gasteiger partial charge in [-0.15, -0.1) is 0 Å². The first-order chi connectivity index (χ1) is 12.1. The Bertz CT molecular complexity index is 861. The summed E-state index contributed by atoms with van der Waals surface area (Å²) < 4.78 is 5.33. The van der Waals surface area contributed by atoms with Gasteiger partial charge >= 0.3 is 5.63 Å². The number of carbonyl (C=O) groups excluding carboxylic acids is 1. The third kappa shape index (κ3) is 3.21. The third-order valence-electron chi connectivity index (χ3n) is 5.64. The second-order valence-electron chi connectivity index (χ2n) is 7.55. The van der Waals surface area contributed by atoms with Crippen molar-refractivity contribution in [3.8, 4) is 0 Å². The van der Waals surface area contributed by atoms with Crippen LogP contribution in [-0.4, -0.2) is 37.0 Å². The van der Waals surface area contributed by atoms with Crippen LogP contribution in [0, 0.1) is 12.3 Å². The summed E-state index contributed by atoms with van der Waals surface area (Å²) in [4.78, 5) is 27.4. The monoisotopic (exact) mass is 340 g/mol. The lowest BCUT2D eigenvalue weighted by Gasteiger charge is -2.23. The Balaban J connectivity index is 1.50. The van der Waals surface area contributed by atoms with Gasteiger partial charge in [-0.1, -0.05) is 18.2 Å². The molecule has 1 N–H and O–H groups in total. The van der Waals surface area contributed by atoms with E-state index in [2.05, 4.69) is 10.2 Å². The van der Waals surface area contributed by atoms with E-state index < -0.39 is 5.63 Å². The molecule has 0 atom stereocenters. The Morgan fingerprint density at radius 1 is 1.24 bits per heavy atom. The average molecular weight is 340 g/mol. The van der Waals surface area contributed by atoms with Gasteiger partial charge in [-0.05, 0) is 57.3 Å². The molecule has 1 amide bonds. The Hall–Kier alpha value is -2.14. The van der Waals surface area contributed by atoms with Crippen molar-refractivity contribution in [2.24, 2.45) is 5.41 Å². The minimum atomic E-state index is -0.557. The number of fused-ring (bicyclic) bond motifs is 1. The fourth-order valence-corrected chi connectivity index (χ4v) is 3.91. The maximum Gasteiger partial charge on any atom is 0.349 e.